The number of para-hydroxylation sites is 1. The van der Waals surface area contributed by atoms with E-state index in [1.807, 2.05) is 24.3 Å². The van der Waals surface area contributed by atoms with Crippen LogP contribution in [0.4, 0.5) is 4.79 Å². The number of fused-ring (bicyclic) bond motifs is 3. The number of phenols is 1. The lowest BCUT2D eigenvalue weighted by molar-refractivity contribution is -0.137. The van der Waals surface area contributed by atoms with Crippen LogP contribution < -0.4 is 70.0 Å². The zero-order valence-electron chi connectivity index (χ0n) is 65.5. The van der Waals surface area contributed by atoms with E-state index in [9.17, 15) is 24.6 Å². The van der Waals surface area contributed by atoms with Gasteiger partial charge in [0.25, 0.3) is 5.24 Å². The number of phenolic OH excluding ortho intramolecular Hbond substituents is 1. The Bertz CT molecular complexity index is 4720. The number of H-pyrrole nitrogens is 2. The molecule has 30 heteroatoms. The summed E-state index contributed by atoms with van der Waals surface area (Å²) in [5.74, 6) is -8.20. The number of carbonyl (C=O) groups is 10. The summed E-state index contributed by atoms with van der Waals surface area (Å²) in [6, 6.07) is 30.2. The lowest BCUT2D eigenvalue weighted by Gasteiger charge is -2.47. The van der Waals surface area contributed by atoms with Crippen LogP contribution in [-0.4, -0.2) is 194 Å². The standard InChI is InChI=1S/C86H107N17O12S/c1-4-38-103-48-56(39-62-61-27-18-30-64-73(61)58(47-92-64)45-72(62)103)49-116-86(115)100-70(43-55-32-34-59(105)35-33-55)82(112)101-74-50(2)93-78(108)67(40-52-20-8-5-9-21-52)99-84(114)75(51(3)104)102-77(107)65(29-16-17-36-87)94-81(111)71(44-57-46-91-63-28-15-14-26-60(57)63)98-80(110)69(42-54-24-12-7-13-25-54)97-79(109)68(41-53-22-10-6-11-23-53)96-76(106)66(95-83(74)113)31-19-37-90-85(88)89/h5-15,18,20-28,30,32-35,46-47,50-51,56,62,65-72,74-75,91-92,104-105H,4,16-17,19,29,31,36-45,48-49,87H2,1-3H3,(H,93,108)(H,94,111)(H,95,113)(H,96,106)(H,97,109)(H,98,110)(H,99,114)(H,100,115)(H,101,112)(H,102,107)(H4,88,89,90)/t50?,51-,56-,62-,65+,66+,67+,68+,69+,70+,71-,72-,74-,75+/m1/s1. The molecule has 116 heavy (non-hydrogen) atoms. The van der Waals surface area contributed by atoms with Crippen molar-refractivity contribution in [3.05, 3.63) is 209 Å². The number of nitrogens with zero attached hydrogens (tertiary/aromatic N) is 1. The van der Waals surface area contributed by atoms with E-state index in [0.29, 0.717) is 45.4 Å². The molecule has 614 valence electrons. The predicted molar refractivity (Wildman–Crippen MR) is 444 cm³/mol. The average Bonchev–Trinajstić information content (AvgIpc) is 1.52. The fourth-order valence-corrected chi connectivity index (χ4v) is 16.7. The highest BCUT2D eigenvalue weighted by Crippen LogP contribution is 2.45. The van der Waals surface area contributed by atoms with Crippen LogP contribution in [0.1, 0.15) is 111 Å². The number of likely N-dealkylation sites (tertiary alicyclic amines) is 1. The maximum Gasteiger partial charge on any atom is 0.279 e. The Balaban J connectivity index is 0.961. The molecule has 3 aliphatic rings. The van der Waals surface area contributed by atoms with Crippen LogP contribution in [0.15, 0.2) is 170 Å². The first-order valence-corrected chi connectivity index (χ1v) is 40.9. The van der Waals surface area contributed by atoms with E-state index in [1.54, 1.807) is 109 Å². The molecule has 1 unspecified atom stereocenters. The van der Waals surface area contributed by atoms with Crippen molar-refractivity contribution in [2.24, 2.45) is 17.4 Å². The van der Waals surface area contributed by atoms with Gasteiger partial charge in [-0.2, -0.15) is 0 Å². The summed E-state index contributed by atoms with van der Waals surface area (Å²) in [7, 11) is 0. The third-order valence-corrected chi connectivity index (χ3v) is 22.8. The first-order valence-electron chi connectivity index (χ1n) is 39.9. The van der Waals surface area contributed by atoms with Crippen molar-refractivity contribution >= 4 is 97.9 Å². The number of aromatic amines is 2. The lowest BCUT2D eigenvalue weighted by Crippen LogP contribution is -2.65. The second-order valence-electron chi connectivity index (χ2n) is 30.5. The van der Waals surface area contributed by atoms with Gasteiger partial charge < -0.3 is 90.1 Å². The summed E-state index contributed by atoms with van der Waals surface area (Å²) < 4.78 is 0. The molecule has 2 aromatic heterocycles. The van der Waals surface area contributed by atoms with Crippen LogP contribution in [0.25, 0.3) is 21.8 Å². The normalized spacial score (nSPS) is 23.4. The molecule has 0 saturated carbocycles. The Morgan fingerprint density at radius 3 is 1.72 bits per heavy atom. The quantitative estimate of drug-likeness (QED) is 0.0204. The van der Waals surface area contributed by atoms with E-state index >= 15 is 33.6 Å². The molecule has 11 rings (SSSR count). The highest BCUT2D eigenvalue weighted by Gasteiger charge is 2.43. The highest BCUT2D eigenvalue weighted by molar-refractivity contribution is 8.13. The molecule has 2 saturated heterocycles. The number of aromatic nitrogens is 2. The zero-order chi connectivity index (χ0) is 82.4. The van der Waals surface area contributed by atoms with Gasteiger partial charge in [0.05, 0.1) is 12.1 Å². The topological polar surface area (TPSA) is 454 Å². The van der Waals surface area contributed by atoms with Crippen LogP contribution in [0.5, 0.6) is 5.75 Å². The number of guanidine groups is 1. The summed E-state index contributed by atoms with van der Waals surface area (Å²) in [5.41, 5.74) is 18.8. The lowest BCUT2D eigenvalue weighted by atomic mass is 9.72. The number of aliphatic hydroxyl groups excluding tert-OH is 1. The molecule has 20 N–H and O–H groups in total. The Labute approximate surface area is 678 Å². The Morgan fingerprint density at radius 1 is 0.595 bits per heavy atom. The summed E-state index contributed by atoms with van der Waals surface area (Å²) in [6.45, 7) is 6.61. The Morgan fingerprint density at radius 2 is 1.12 bits per heavy atom. The van der Waals surface area contributed by atoms with E-state index < -0.39 is 131 Å². The Hall–Kier alpha value is -11.6. The fraction of sp³-hybridized carbons (Fsp3) is 0.407. The van der Waals surface area contributed by atoms with E-state index in [2.05, 4.69) is 105 Å². The number of hydrogen-bond acceptors (Lipinski definition) is 16. The average molecular weight is 1600 g/mol. The summed E-state index contributed by atoms with van der Waals surface area (Å²) in [6.07, 6.45) is 4.33. The molecule has 0 bridgehead atoms. The molecule has 0 spiro atoms. The Kier molecular flexibility index (Phi) is 30.2. The van der Waals surface area contributed by atoms with Crippen LogP contribution in [0.3, 0.4) is 0 Å². The van der Waals surface area contributed by atoms with Gasteiger partial charge in [0.1, 0.15) is 60.1 Å². The number of piperidine rings is 1. The third-order valence-electron chi connectivity index (χ3n) is 21.8. The van der Waals surface area contributed by atoms with Gasteiger partial charge in [-0.1, -0.05) is 152 Å². The van der Waals surface area contributed by atoms with E-state index in [4.69, 9.17) is 16.9 Å². The molecule has 2 aliphatic heterocycles. The summed E-state index contributed by atoms with van der Waals surface area (Å²) in [4.78, 5) is 162. The van der Waals surface area contributed by atoms with Crippen molar-refractivity contribution in [2.75, 3.05) is 31.9 Å². The largest absolute Gasteiger partial charge is 0.508 e. The second-order valence-corrected chi connectivity index (χ2v) is 31.5. The number of nitrogens with two attached hydrogens (primary N) is 2. The van der Waals surface area contributed by atoms with E-state index in [1.165, 1.54) is 42.5 Å². The van der Waals surface area contributed by atoms with Gasteiger partial charge in [0.2, 0.25) is 53.2 Å². The molecule has 29 nitrogen and oxygen atoms in total. The molecule has 14 atom stereocenters. The van der Waals surface area contributed by atoms with Crippen molar-refractivity contribution in [3.63, 3.8) is 0 Å². The van der Waals surface area contributed by atoms with Gasteiger partial charge in [-0.3, -0.25) is 58.3 Å². The molecule has 6 aromatic carbocycles. The van der Waals surface area contributed by atoms with Crippen molar-refractivity contribution in [2.45, 2.75) is 183 Å². The van der Waals surface area contributed by atoms with E-state index in [0.717, 1.165) is 55.1 Å². The van der Waals surface area contributed by atoms with Crippen molar-refractivity contribution in [1.29, 1.82) is 5.41 Å². The summed E-state index contributed by atoms with van der Waals surface area (Å²) in [5, 5.41) is 62.1. The molecule has 4 heterocycles. The first kappa shape index (κ1) is 85.3. The van der Waals surface area contributed by atoms with Crippen molar-refractivity contribution in [3.8, 4) is 5.75 Å². The fourth-order valence-electron chi connectivity index (χ4n) is 15.8. The molecular formula is C86H107N17O12S. The minimum absolute atomic E-state index is 0.00858. The number of hydrogen-bond donors (Lipinski definition) is 18. The second kappa shape index (κ2) is 41.1. The molecule has 8 aromatic rings. The number of amides is 10. The van der Waals surface area contributed by atoms with Gasteiger partial charge >= 0.3 is 0 Å². The van der Waals surface area contributed by atoms with Crippen LogP contribution in [-0.2, 0) is 81.7 Å². The number of rotatable bonds is 26. The number of benzene rings is 6. The number of nitrogens with one attached hydrogen (secondary N) is 14. The van der Waals surface area contributed by atoms with Crippen molar-refractivity contribution in [1.82, 2.24) is 73.4 Å². The van der Waals surface area contributed by atoms with Gasteiger partial charge in [0, 0.05) is 97.1 Å². The number of carbonyl (C=O) groups excluding carboxylic acids is 10. The summed E-state index contributed by atoms with van der Waals surface area (Å²) >= 11 is 1.03. The van der Waals surface area contributed by atoms with Gasteiger partial charge in [0.15, 0.2) is 5.96 Å². The number of aliphatic hydroxyl groups is 1. The SMILES string of the molecule is CCCN1C[C@H](CSC(=O)N[C@@H](Cc2ccc(O)cc2)C(=O)N[C@H]2C(=O)N[C@@H](CCCNC(=N)N)C(=O)N[C@@H](Cc3ccccc3)C(=O)N[C@@H](Cc3ccccc3)C(=O)N[C@H](Cc3c[nH]c4ccccc34)C(=O)N[C@@H](CCCCN)C(=O)N[C@@H]([C@@H](C)O)C(=O)N[C@@H](Cc3ccccc3)C(=O)NC2C)C[C@@H]2c3cccc4[nH]cc(c34)C[C@H]21. The molecule has 1 aliphatic carbocycles. The number of aromatic hydroxyl groups is 1. The van der Waals surface area contributed by atoms with Crippen LogP contribution in [0, 0.1) is 11.3 Å². The smallest absolute Gasteiger partial charge is 0.279 e. The van der Waals surface area contributed by atoms with Gasteiger partial charge in [-0.25, -0.2) is 0 Å². The number of thioether (sulfide) groups is 1. The molecule has 2 fully saturated rings. The third kappa shape index (κ3) is 23.1. The predicted octanol–water partition coefficient (Wildman–Crippen LogP) is 4.29. The highest BCUT2D eigenvalue weighted by atomic mass is 32.2. The zero-order valence-corrected chi connectivity index (χ0v) is 66.3. The maximum atomic E-state index is 15.8. The molecule has 10 amide bonds. The minimum Gasteiger partial charge on any atom is -0.508 e. The van der Waals surface area contributed by atoms with Crippen LogP contribution in [0.2, 0.25) is 0 Å². The molecule has 0 radical (unpaired) electrons. The first-order chi connectivity index (χ1) is 56.0. The van der Waals surface area contributed by atoms with Gasteiger partial charge in [-0.15, -0.1) is 0 Å². The van der Waals surface area contributed by atoms with Crippen LogP contribution >= 0.6 is 11.8 Å². The maximum absolute atomic E-state index is 15.8. The minimum atomic E-state index is -1.86. The van der Waals surface area contributed by atoms with E-state index in [-0.39, 0.29) is 94.5 Å². The van der Waals surface area contributed by atoms with Gasteiger partial charge in [-0.05, 0) is 147 Å². The number of unbranched alkanes of at least 4 members (excludes halogenated alkanes) is 1. The molecular weight excluding hydrogens is 1500 g/mol. The van der Waals surface area contributed by atoms with Crippen molar-refractivity contribution < 1.29 is 58.2 Å². The monoisotopic (exact) mass is 1600 g/mol.